The quantitative estimate of drug-likeness (QED) is 0.749. The van der Waals surface area contributed by atoms with Gasteiger partial charge >= 0.3 is 6.03 Å². The van der Waals surface area contributed by atoms with Crippen molar-refractivity contribution in [1.29, 1.82) is 0 Å². The number of aliphatic hydroxyl groups is 1. The summed E-state index contributed by atoms with van der Waals surface area (Å²) in [5, 5.41) is 14.7. The number of carbonyl (C=O) groups excluding carboxylic acids is 1. The first-order valence-electron chi connectivity index (χ1n) is 7.56. The van der Waals surface area contributed by atoms with Gasteiger partial charge in [-0.1, -0.05) is 37.3 Å². The number of aliphatic hydroxyl groups excluding tert-OH is 1. The number of carbonyl (C=O) groups is 1. The van der Waals surface area contributed by atoms with Gasteiger partial charge in [0.1, 0.15) is 0 Å². The number of amides is 2. The van der Waals surface area contributed by atoms with E-state index in [0.29, 0.717) is 13.0 Å². The highest BCUT2D eigenvalue weighted by atomic mass is 16.5. The predicted molar refractivity (Wildman–Crippen MR) is 80.9 cm³/mol. The Bertz CT molecular complexity index is 434. The number of hydrogen-bond acceptors (Lipinski definition) is 3. The minimum absolute atomic E-state index is 0.0386. The van der Waals surface area contributed by atoms with Crippen molar-refractivity contribution in [2.45, 2.75) is 31.9 Å². The molecule has 5 nitrogen and oxygen atoms in total. The number of benzene rings is 1. The van der Waals surface area contributed by atoms with Gasteiger partial charge in [0, 0.05) is 19.1 Å². The van der Waals surface area contributed by atoms with E-state index in [1.165, 1.54) is 0 Å². The van der Waals surface area contributed by atoms with Crippen LogP contribution in [0.4, 0.5) is 4.79 Å². The van der Waals surface area contributed by atoms with Crippen LogP contribution < -0.4 is 10.6 Å². The zero-order valence-electron chi connectivity index (χ0n) is 12.4. The molecular formula is C16H24N2O3. The van der Waals surface area contributed by atoms with Gasteiger partial charge in [0.2, 0.25) is 0 Å². The van der Waals surface area contributed by atoms with Crippen LogP contribution in [0, 0.1) is 5.92 Å². The van der Waals surface area contributed by atoms with Crippen molar-refractivity contribution in [3.05, 3.63) is 35.9 Å². The highest BCUT2D eigenvalue weighted by molar-refractivity contribution is 5.74. The molecule has 3 N–H and O–H groups in total. The monoisotopic (exact) mass is 292 g/mol. The van der Waals surface area contributed by atoms with E-state index in [9.17, 15) is 4.79 Å². The topological polar surface area (TPSA) is 70.6 Å². The average molecular weight is 292 g/mol. The molecule has 2 rings (SSSR count). The van der Waals surface area contributed by atoms with Gasteiger partial charge in [0.25, 0.3) is 0 Å². The zero-order chi connectivity index (χ0) is 15.1. The van der Waals surface area contributed by atoms with Crippen molar-refractivity contribution in [2.75, 3.05) is 19.8 Å². The lowest BCUT2D eigenvalue weighted by Gasteiger charge is -2.20. The van der Waals surface area contributed by atoms with Crippen LogP contribution in [0.2, 0.25) is 0 Å². The summed E-state index contributed by atoms with van der Waals surface area (Å²) in [7, 11) is 0. The van der Waals surface area contributed by atoms with E-state index in [4.69, 9.17) is 9.84 Å². The van der Waals surface area contributed by atoms with Crippen LogP contribution in [0.15, 0.2) is 30.3 Å². The fourth-order valence-corrected chi connectivity index (χ4v) is 2.59. The van der Waals surface area contributed by atoms with E-state index in [2.05, 4.69) is 22.8 Å². The Morgan fingerprint density at radius 3 is 2.86 bits per heavy atom. The van der Waals surface area contributed by atoms with Gasteiger partial charge in [-0.05, 0) is 18.4 Å². The summed E-state index contributed by atoms with van der Waals surface area (Å²) in [6, 6.07) is 9.69. The van der Waals surface area contributed by atoms with Crippen LogP contribution in [0.5, 0.6) is 0 Å². The van der Waals surface area contributed by atoms with Crippen molar-refractivity contribution in [3.8, 4) is 0 Å². The molecule has 0 bridgehead atoms. The number of rotatable bonds is 6. The Labute approximate surface area is 125 Å². The maximum atomic E-state index is 11.8. The second-order valence-corrected chi connectivity index (χ2v) is 5.39. The molecule has 0 aliphatic carbocycles. The summed E-state index contributed by atoms with van der Waals surface area (Å²) in [5.41, 5.74) is 1.16. The largest absolute Gasteiger partial charge is 0.394 e. The van der Waals surface area contributed by atoms with Crippen LogP contribution >= 0.6 is 0 Å². The first-order chi connectivity index (χ1) is 10.2. The van der Waals surface area contributed by atoms with E-state index >= 15 is 0 Å². The SMILES string of the molecule is CC[C@@H](CO)NC(=O)NCC1CCOC1c1ccccc1. The van der Waals surface area contributed by atoms with Crippen molar-refractivity contribution in [2.24, 2.45) is 5.92 Å². The molecular weight excluding hydrogens is 268 g/mol. The van der Waals surface area contributed by atoms with Crippen molar-refractivity contribution in [3.63, 3.8) is 0 Å². The minimum atomic E-state index is -0.227. The number of ether oxygens (including phenoxy) is 1. The first-order valence-corrected chi connectivity index (χ1v) is 7.56. The Morgan fingerprint density at radius 1 is 1.43 bits per heavy atom. The highest BCUT2D eigenvalue weighted by Gasteiger charge is 2.29. The van der Waals surface area contributed by atoms with Crippen LogP contribution in [-0.4, -0.2) is 36.9 Å². The average Bonchev–Trinajstić information content (AvgIpc) is 3.00. The van der Waals surface area contributed by atoms with Gasteiger partial charge in [-0.2, -0.15) is 0 Å². The minimum Gasteiger partial charge on any atom is -0.394 e. The third-order valence-corrected chi connectivity index (χ3v) is 3.92. The second kappa shape index (κ2) is 8.00. The molecule has 116 valence electrons. The molecule has 1 aliphatic rings. The van der Waals surface area contributed by atoms with E-state index in [1.807, 2.05) is 25.1 Å². The summed E-state index contributed by atoms with van der Waals surface area (Å²) in [6.07, 6.45) is 1.70. The maximum absolute atomic E-state index is 11.8. The lowest BCUT2D eigenvalue weighted by atomic mass is 9.95. The van der Waals surface area contributed by atoms with E-state index in [1.54, 1.807) is 0 Å². The molecule has 1 aliphatic heterocycles. The summed E-state index contributed by atoms with van der Waals surface area (Å²) in [6.45, 7) is 3.19. The molecule has 1 saturated heterocycles. The fraction of sp³-hybridized carbons (Fsp3) is 0.562. The molecule has 0 spiro atoms. The first kappa shape index (κ1) is 15.8. The molecule has 1 fully saturated rings. The lowest BCUT2D eigenvalue weighted by molar-refractivity contribution is 0.0909. The van der Waals surface area contributed by atoms with E-state index in [-0.39, 0.29) is 30.7 Å². The third kappa shape index (κ3) is 4.44. The Kier molecular flexibility index (Phi) is 6.02. The molecule has 3 atom stereocenters. The Morgan fingerprint density at radius 2 is 2.19 bits per heavy atom. The van der Waals surface area contributed by atoms with Crippen molar-refractivity contribution >= 4 is 6.03 Å². The second-order valence-electron chi connectivity index (χ2n) is 5.39. The van der Waals surface area contributed by atoms with Gasteiger partial charge in [-0.25, -0.2) is 4.79 Å². The van der Waals surface area contributed by atoms with Gasteiger partial charge in [-0.15, -0.1) is 0 Å². The van der Waals surface area contributed by atoms with Crippen LogP contribution in [0.25, 0.3) is 0 Å². The molecule has 0 aromatic heterocycles. The molecule has 1 aromatic carbocycles. The van der Waals surface area contributed by atoms with Gasteiger partial charge in [-0.3, -0.25) is 0 Å². The number of nitrogens with one attached hydrogen (secondary N) is 2. The molecule has 2 unspecified atom stereocenters. The molecule has 2 amide bonds. The van der Waals surface area contributed by atoms with E-state index < -0.39 is 0 Å². The lowest BCUT2D eigenvalue weighted by Crippen LogP contribution is -2.45. The molecule has 0 radical (unpaired) electrons. The Hall–Kier alpha value is -1.59. The van der Waals surface area contributed by atoms with Crippen LogP contribution in [-0.2, 0) is 4.74 Å². The van der Waals surface area contributed by atoms with Crippen LogP contribution in [0.3, 0.4) is 0 Å². The maximum Gasteiger partial charge on any atom is 0.315 e. The van der Waals surface area contributed by atoms with Gasteiger partial charge in [0.05, 0.1) is 18.8 Å². The normalized spacial score (nSPS) is 22.8. The molecule has 1 heterocycles. The summed E-state index contributed by atoms with van der Waals surface area (Å²) >= 11 is 0. The molecule has 5 heteroatoms. The van der Waals surface area contributed by atoms with Gasteiger partial charge < -0.3 is 20.5 Å². The highest BCUT2D eigenvalue weighted by Crippen LogP contribution is 2.33. The fourth-order valence-electron chi connectivity index (χ4n) is 2.59. The third-order valence-electron chi connectivity index (χ3n) is 3.92. The van der Waals surface area contributed by atoms with Crippen LogP contribution in [0.1, 0.15) is 31.4 Å². The Balaban J connectivity index is 1.83. The molecule has 0 saturated carbocycles. The molecule has 1 aromatic rings. The standard InChI is InChI=1S/C16H24N2O3/c1-2-14(11-19)18-16(20)17-10-13-8-9-21-15(13)12-6-4-3-5-7-12/h3-7,13-15,19H,2,8-11H2,1H3,(H2,17,18,20)/t13?,14-,15?/m0/s1. The van der Waals surface area contributed by atoms with Crippen molar-refractivity contribution in [1.82, 2.24) is 10.6 Å². The predicted octanol–water partition coefficient (Wildman–Crippen LogP) is 1.83. The van der Waals surface area contributed by atoms with Gasteiger partial charge in [0.15, 0.2) is 0 Å². The number of hydrogen-bond donors (Lipinski definition) is 3. The summed E-state index contributed by atoms with van der Waals surface area (Å²) in [5.74, 6) is 0.285. The zero-order valence-corrected chi connectivity index (χ0v) is 12.4. The molecule has 21 heavy (non-hydrogen) atoms. The number of urea groups is 1. The smallest absolute Gasteiger partial charge is 0.315 e. The van der Waals surface area contributed by atoms with Crippen molar-refractivity contribution < 1.29 is 14.6 Å². The summed E-state index contributed by atoms with van der Waals surface area (Å²) in [4.78, 5) is 11.8. The van der Waals surface area contributed by atoms with E-state index in [0.717, 1.165) is 18.6 Å². The summed E-state index contributed by atoms with van der Waals surface area (Å²) < 4.78 is 5.80.